The lowest BCUT2D eigenvalue weighted by molar-refractivity contribution is -0.135. The second-order valence-corrected chi connectivity index (χ2v) is 5.36. The Hall–Kier alpha value is -2.28. The Morgan fingerprint density at radius 1 is 1.23 bits per heavy atom. The van der Waals surface area contributed by atoms with Gasteiger partial charge in [-0.2, -0.15) is 0 Å². The van der Waals surface area contributed by atoms with Gasteiger partial charge in [0, 0.05) is 6.04 Å². The van der Waals surface area contributed by atoms with Crippen molar-refractivity contribution in [2.24, 2.45) is 0 Å². The van der Waals surface area contributed by atoms with Crippen LogP contribution in [0.3, 0.4) is 0 Å². The number of rotatable bonds is 3. The van der Waals surface area contributed by atoms with Crippen molar-refractivity contribution in [3.05, 3.63) is 23.8 Å². The predicted molar refractivity (Wildman–Crippen MR) is 76.9 cm³/mol. The highest BCUT2D eigenvalue weighted by Crippen LogP contribution is 2.33. The molecule has 2 heterocycles. The second-order valence-electron chi connectivity index (χ2n) is 5.36. The molecule has 2 fully saturated rings. The van der Waals surface area contributed by atoms with Crippen molar-refractivity contribution in [1.29, 1.82) is 0 Å². The third kappa shape index (κ3) is 2.18. The van der Waals surface area contributed by atoms with Gasteiger partial charge in [-0.1, -0.05) is 6.07 Å². The van der Waals surface area contributed by atoms with Gasteiger partial charge in [0.25, 0.3) is 5.91 Å². The fourth-order valence-electron chi connectivity index (χ4n) is 2.91. The van der Waals surface area contributed by atoms with Gasteiger partial charge >= 0.3 is 6.09 Å². The molecule has 7 heteroatoms. The number of nitrogens with one attached hydrogen (secondary N) is 1. The lowest BCUT2D eigenvalue weighted by Gasteiger charge is -2.37. The number of hydrogen-bond acceptors (Lipinski definition) is 6. The fourth-order valence-corrected chi connectivity index (χ4v) is 2.91. The predicted octanol–water partition coefficient (Wildman–Crippen LogP) is 1.08. The van der Waals surface area contributed by atoms with Crippen LogP contribution in [0.5, 0.6) is 11.5 Å². The van der Waals surface area contributed by atoms with Crippen LogP contribution in [0.2, 0.25) is 0 Å². The standard InChI is InChI=1S/C15H18N2O5/c1-8-10-7-22-15(19)17(10)14(18)13(16-8)9-4-5-11(20-2)12(6-9)21-3/h4-6,8,10,13,16H,7H2,1-3H3/t8?,10-,13+/m1/s1. The Balaban J connectivity index is 1.94. The molecule has 1 aromatic carbocycles. The van der Waals surface area contributed by atoms with Gasteiger partial charge in [0.2, 0.25) is 0 Å². The molecule has 2 saturated heterocycles. The van der Waals surface area contributed by atoms with Crippen molar-refractivity contribution >= 4 is 12.0 Å². The van der Waals surface area contributed by atoms with Crippen molar-refractivity contribution in [1.82, 2.24) is 10.2 Å². The maximum atomic E-state index is 12.6. The van der Waals surface area contributed by atoms with Crippen molar-refractivity contribution in [3.8, 4) is 11.5 Å². The Morgan fingerprint density at radius 2 is 1.95 bits per heavy atom. The number of cyclic esters (lactones) is 1. The molecular formula is C15H18N2O5. The number of fused-ring (bicyclic) bond motifs is 1. The molecule has 118 valence electrons. The summed E-state index contributed by atoms with van der Waals surface area (Å²) in [5.41, 5.74) is 0.715. The van der Waals surface area contributed by atoms with Crippen LogP contribution in [-0.4, -0.2) is 49.8 Å². The van der Waals surface area contributed by atoms with E-state index < -0.39 is 12.1 Å². The quantitative estimate of drug-likeness (QED) is 0.900. The van der Waals surface area contributed by atoms with E-state index in [1.54, 1.807) is 25.3 Å². The van der Waals surface area contributed by atoms with Crippen LogP contribution in [0.1, 0.15) is 18.5 Å². The molecule has 3 atom stereocenters. The van der Waals surface area contributed by atoms with E-state index in [1.165, 1.54) is 12.0 Å². The van der Waals surface area contributed by atoms with Gasteiger partial charge in [-0.25, -0.2) is 9.69 Å². The summed E-state index contributed by atoms with van der Waals surface area (Å²) in [5.74, 6) is 0.812. The third-order valence-corrected chi connectivity index (χ3v) is 4.14. The average Bonchev–Trinajstić information content (AvgIpc) is 2.93. The number of amides is 2. The van der Waals surface area contributed by atoms with Gasteiger partial charge < -0.3 is 14.2 Å². The normalized spacial score (nSPS) is 27.4. The van der Waals surface area contributed by atoms with Crippen molar-refractivity contribution in [2.45, 2.75) is 25.0 Å². The smallest absolute Gasteiger partial charge is 0.417 e. The van der Waals surface area contributed by atoms with Gasteiger partial charge in [-0.05, 0) is 24.6 Å². The molecule has 0 radical (unpaired) electrons. The number of hydrogen-bond donors (Lipinski definition) is 1. The van der Waals surface area contributed by atoms with E-state index in [9.17, 15) is 9.59 Å². The van der Waals surface area contributed by atoms with Crippen LogP contribution in [0, 0.1) is 0 Å². The highest BCUT2D eigenvalue weighted by molar-refractivity contribution is 5.98. The highest BCUT2D eigenvalue weighted by atomic mass is 16.6. The molecule has 3 rings (SSSR count). The summed E-state index contributed by atoms with van der Waals surface area (Å²) in [6.45, 7) is 2.16. The molecule has 2 aliphatic rings. The Bertz CT molecular complexity index is 618. The van der Waals surface area contributed by atoms with E-state index in [0.29, 0.717) is 17.1 Å². The van der Waals surface area contributed by atoms with Gasteiger partial charge in [0.15, 0.2) is 11.5 Å². The fraction of sp³-hybridized carbons (Fsp3) is 0.467. The molecule has 1 unspecified atom stereocenters. The zero-order valence-corrected chi connectivity index (χ0v) is 12.7. The Kier molecular flexibility index (Phi) is 3.66. The van der Waals surface area contributed by atoms with Gasteiger partial charge in [0.05, 0.1) is 20.3 Å². The van der Waals surface area contributed by atoms with E-state index >= 15 is 0 Å². The molecule has 1 aromatic rings. The van der Waals surface area contributed by atoms with E-state index in [4.69, 9.17) is 14.2 Å². The van der Waals surface area contributed by atoms with E-state index in [0.717, 1.165) is 0 Å². The van der Waals surface area contributed by atoms with Crippen LogP contribution in [0.25, 0.3) is 0 Å². The number of benzene rings is 1. The van der Waals surface area contributed by atoms with Gasteiger partial charge in [-0.15, -0.1) is 0 Å². The number of imide groups is 1. The number of piperazine rings is 1. The molecule has 0 saturated carbocycles. The van der Waals surface area contributed by atoms with Crippen LogP contribution in [0.4, 0.5) is 4.79 Å². The molecule has 1 N–H and O–H groups in total. The van der Waals surface area contributed by atoms with E-state index in [2.05, 4.69) is 5.32 Å². The molecule has 0 bridgehead atoms. The number of carbonyl (C=O) groups excluding carboxylic acids is 2. The zero-order chi connectivity index (χ0) is 15.9. The minimum absolute atomic E-state index is 0.0535. The summed E-state index contributed by atoms with van der Waals surface area (Å²) in [6.07, 6.45) is -0.575. The van der Waals surface area contributed by atoms with Crippen LogP contribution in [0.15, 0.2) is 18.2 Å². The Morgan fingerprint density at radius 3 is 2.64 bits per heavy atom. The summed E-state index contributed by atoms with van der Waals surface area (Å²) in [5, 5.41) is 3.24. The first-order chi connectivity index (χ1) is 10.6. The first-order valence-corrected chi connectivity index (χ1v) is 7.04. The number of carbonyl (C=O) groups is 2. The van der Waals surface area contributed by atoms with E-state index in [-0.39, 0.29) is 24.6 Å². The molecule has 22 heavy (non-hydrogen) atoms. The third-order valence-electron chi connectivity index (χ3n) is 4.14. The first-order valence-electron chi connectivity index (χ1n) is 7.04. The monoisotopic (exact) mass is 306 g/mol. The van der Waals surface area contributed by atoms with Crippen LogP contribution in [-0.2, 0) is 9.53 Å². The summed E-state index contributed by atoms with van der Waals surface area (Å²) in [7, 11) is 3.09. The highest BCUT2D eigenvalue weighted by Gasteiger charge is 2.48. The molecule has 0 aliphatic carbocycles. The SMILES string of the molecule is COc1ccc([C@@H]2NC(C)[C@H]3COC(=O)N3C2=O)cc1OC. The largest absolute Gasteiger partial charge is 0.493 e. The van der Waals surface area contributed by atoms with Gasteiger partial charge in [-0.3, -0.25) is 10.1 Å². The molecule has 0 spiro atoms. The molecule has 2 aliphatic heterocycles. The summed E-state index contributed by atoms with van der Waals surface area (Å²) < 4.78 is 15.5. The number of nitrogens with zero attached hydrogens (tertiary/aromatic N) is 1. The number of methoxy groups -OCH3 is 2. The maximum absolute atomic E-state index is 12.6. The van der Waals surface area contributed by atoms with Crippen molar-refractivity contribution in [2.75, 3.05) is 20.8 Å². The maximum Gasteiger partial charge on any atom is 0.417 e. The molecule has 0 aromatic heterocycles. The summed E-state index contributed by atoms with van der Waals surface area (Å²) in [6, 6.07) is 4.34. The van der Waals surface area contributed by atoms with Crippen LogP contribution >= 0.6 is 0 Å². The second kappa shape index (κ2) is 5.49. The lowest BCUT2D eigenvalue weighted by atomic mass is 9.97. The van der Waals surface area contributed by atoms with Crippen LogP contribution < -0.4 is 14.8 Å². The minimum Gasteiger partial charge on any atom is -0.493 e. The Labute approximate surface area is 128 Å². The van der Waals surface area contributed by atoms with E-state index in [1.807, 2.05) is 6.92 Å². The zero-order valence-electron chi connectivity index (χ0n) is 12.7. The molecule has 7 nitrogen and oxygen atoms in total. The minimum atomic E-state index is -0.614. The molecular weight excluding hydrogens is 288 g/mol. The van der Waals surface area contributed by atoms with Gasteiger partial charge in [0.1, 0.15) is 12.6 Å². The topological polar surface area (TPSA) is 77.1 Å². The number of ether oxygens (including phenoxy) is 3. The lowest BCUT2D eigenvalue weighted by Crippen LogP contribution is -2.59. The summed E-state index contributed by atoms with van der Waals surface area (Å²) in [4.78, 5) is 25.6. The summed E-state index contributed by atoms with van der Waals surface area (Å²) >= 11 is 0. The van der Waals surface area contributed by atoms with Crippen molar-refractivity contribution < 1.29 is 23.8 Å². The first kappa shape index (κ1) is 14.6. The van der Waals surface area contributed by atoms with Crippen molar-refractivity contribution in [3.63, 3.8) is 0 Å². The average molecular weight is 306 g/mol. The molecule has 2 amide bonds.